The first-order chi connectivity index (χ1) is 8.40. The number of nitrogens with one attached hydrogen (secondary N) is 2. The van der Waals surface area contributed by atoms with Gasteiger partial charge in [-0.2, -0.15) is 0 Å². The van der Waals surface area contributed by atoms with Crippen molar-refractivity contribution in [3.63, 3.8) is 0 Å². The normalized spacial score (nSPS) is 13.6. The summed E-state index contributed by atoms with van der Waals surface area (Å²) in [7, 11) is 0. The lowest BCUT2D eigenvalue weighted by Crippen LogP contribution is -2.44. The van der Waals surface area contributed by atoms with Crippen molar-refractivity contribution in [1.29, 1.82) is 0 Å². The minimum Gasteiger partial charge on any atom is -0.348 e. The first-order valence-corrected chi connectivity index (χ1v) is 6.52. The molecule has 0 aliphatic carbocycles. The van der Waals surface area contributed by atoms with Crippen LogP contribution in [-0.2, 0) is 9.59 Å². The molecule has 1 rings (SSSR count). The summed E-state index contributed by atoms with van der Waals surface area (Å²) >= 11 is 3.39. The van der Waals surface area contributed by atoms with Gasteiger partial charge in [0.1, 0.15) is 6.04 Å². The molecule has 0 spiro atoms. The van der Waals surface area contributed by atoms with Gasteiger partial charge in [-0.15, -0.1) is 0 Å². The lowest BCUT2D eigenvalue weighted by molar-refractivity contribution is -0.128. The van der Waals surface area contributed by atoms with Gasteiger partial charge in [0.2, 0.25) is 11.8 Å². The zero-order valence-electron chi connectivity index (χ0n) is 10.7. The van der Waals surface area contributed by atoms with E-state index in [0.29, 0.717) is 0 Å². The fourth-order valence-electron chi connectivity index (χ4n) is 1.57. The van der Waals surface area contributed by atoms with Gasteiger partial charge in [-0.25, -0.2) is 0 Å². The zero-order chi connectivity index (χ0) is 13.7. The van der Waals surface area contributed by atoms with Crippen LogP contribution in [0.4, 0.5) is 0 Å². The van der Waals surface area contributed by atoms with Crippen molar-refractivity contribution in [2.75, 3.05) is 0 Å². The largest absolute Gasteiger partial charge is 0.348 e. The maximum absolute atomic E-state index is 11.8. The maximum atomic E-state index is 11.8. The zero-order valence-corrected chi connectivity index (χ0v) is 12.2. The molecule has 5 heteroatoms. The van der Waals surface area contributed by atoms with E-state index < -0.39 is 6.04 Å². The molecule has 0 bridgehead atoms. The summed E-state index contributed by atoms with van der Waals surface area (Å²) in [5.41, 5.74) is 1.01. The lowest BCUT2D eigenvalue weighted by Gasteiger charge is -2.18. The average Bonchev–Trinajstić information content (AvgIpc) is 2.27. The molecule has 1 aromatic rings. The first-order valence-electron chi connectivity index (χ1n) is 5.73. The summed E-state index contributed by atoms with van der Waals surface area (Å²) in [4.78, 5) is 22.7. The molecular formula is C13H17BrN2O2. The van der Waals surface area contributed by atoms with E-state index in [4.69, 9.17) is 0 Å². The van der Waals surface area contributed by atoms with Crippen molar-refractivity contribution in [3.8, 4) is 0 Å². The van der Waals surface area contributed by atoms with Crippen LogP contribution in [0.3, 0.4) is 0 Å². The van der Waals surface area contributed by atoms with Gasteiger partial charge in [0.25, 0.3) is 0 Å². The average molecular weight is 313 g/mol. The van der Waals surface area contributed by atoms with E-state index in [1.807, 2.05) is 31.2 Å². The van der Waals surface area contributed by atoms with E-state index in [1.165, 1.54) is 6.92 Å². The molecule has 2 unspecified atom stereocenters. The SMILES string of the molecule is CC(=O)NC(C)C(=O)NC(C)c1cccc(Br)c1. The van der Waals surface area contributed by atoms with Crippen molar-refractivity contribution in [1.82, 2.24) is 10.6 Å². The number of halogens is 1. The van der Waals surface area contributed by atoms with Crippen LogP contribution in [0.15, 0.2) is 28.7 Å². The minimum absolute atomic E-state index is 0.105. The summed E-state index contributed by atoms with van der Waals surface area (Å²) in [6, 6.07) is 7.10. The third-order valence-electron chi connectivity index (χ3n) is 2.52. The maximum Gasteiger partial charge on any atom is 0.242 e. The minimum atomic E-state index is -0.530. The Kier molecular flexibility index (Phi) is 5.34. The number of carbonyl (C=O) groups is 2. The van der Waals surface area contributed by atoms with Gasteiger partial charge < -0.3 is 10.6 Å². The van der Waals surface area contributed by atoms with Crippen LogP contribution >= 0.6 is 15.9 Å². The van der Waals surface area contributed by atoms with Crippen molar-refractivity contribution >= 4 is 27.7 Å². The highest BCUT2D eigenvalue weighted by molar-refractivity contribution is 9.10. The molecule has 1 aromatic carbocycles. The second-order valence-electron chi connectivity index (χ2n) is 4.21. The third-order valence-corrected chi connectivity index (χ3v) is 3.01. The van der Waals surface area contributed by atoms with E-state index in [-0.39, 0.29) is 17.9 Å². The standard InChI is InChI=1S/C13H17BrN2O2/c1-8(11-5-4-6-12(14)7-11)16-13(18)9(2)15-10(3)17/h4-9H,1-3H3,(H,15,17)(H,16,18). The van der Waals surface area contributed by atoms with Crippen LogP contribution < -0.4 is 10.6 Å². The molecule has 0 heterocycles. The highest BCUT2D eigenvalue weighted by atomic mass is 79.9. The fraction of sp³-hybridized carbons (Fsp3) is 0.385. The first kappa shape index (κ1) is 14.7. The summed E-state index contributed by atoms with van der Waals surface area (Å²) in [6.07, 6.45) is 0. The number of amides is 2. The van der Waals surface area contributed by atoms with Crippen LogP contribution in [0.2, 0.25) is 0 Å². The highest BCUT2D eigenvalue weighted by Crippen LogP contribution is 2.17. The van der Waals surface area contributed by atoms with Crippen LogP contribution in [0, 0.1) is 0 Å². The summed E-state index contributed by atoms with van der Waals surface area (Å²) in [6.45, 7) is 4.95. The Bertz CT molecular complexity index is 448. The molecule has 0 aliphatic rings. The quantitative estimate of drug-likeness (QED) is 0.895. The molecule has 2 amide bonds. The summed E-state index contributed by atoms with van der Waals surface area (Å²) in [5.74, 6) is -0.412. The Morgan fingerprint density at radius 3 is 2.44 bits per heavy atom. The van der Waals surface area contributed by atoms with Gasteiger partial charge in [0, 0.05) is 11.4 Å². The Morgan fingerprint density at radius 1 is 1.22 bits per heavy atom. The van der Waals surface area contributed by atoms with E-state index in [1.54, 1.807) is 6.92 Å². The van der Waals surface area contributed by atoms with Gasteiger partial charge in [-0.3, -0.25) is 9.59 Å². The smallest absolute Gasteiger partial charge is 0.242 e. The molecule has 0 fully saturated rings. The Morgan fingerprint density at radius 2 is 1.89 bits per heavy atom. The number of benzene rings is 1. The monoisotopic (exact) mass is 312 g/mol. The van der Waals surface area contributed by atoms with E-state index >= 15 is 0 Å². The van der Waals surface area contributed by atoms with Crippen LogP contribution in [0.25, 0.3) is 0 Å². The summed E-state index contributed by atoms with van der Waals surface area (Å²) < 4.78 is 0.969. The molecule has 18 heavy (non-hydrogen) atoms. The molecule has 0 radical (unpaired) electrons. The Hall–Kier alpha value is -1.36. The van der Waals surface area contributed by atoms with Gasteiger partial charge in [0.15, 0.2) is 0 Å². The van der Waals surface area contributed by atoms with Crippen molar-refractivity contribution < 1.29 is 9.59 Å². The van der Waals surface area contributed by atoms with Crippen LogP contribution in [0.5, 0.6) is 0 Å². The molecule has 0 saturated carbocycles. The second kappa shape index (κ2) is 6.54. The number of hydrogen-bond acceptors (Lipinski definition) is 2. The second-order valence-corrected chi connectivity index (χ2v) is 5.12. The highest BCUT2D eigenvalue weighted by Gasteiger charge is 2.16. The third kappa shape index (κ3) is 4.49. The van der Waals surface area contributed by atoms with E-state index in [9.17, 15) is 9.59 Å². The van der Waals surface area contributed by atoms with E-state index in [2.05, 4.69) is 26.6 Å². The predicted molar refractivity (Wildman–Crippen MR) is 74.0 cm³/mol. The van der Waals surface area contributed by atoms with Crippen LogP contribution in [0.1, 0.15) is 32.4 Å². The lowest BCUT2D eigenvalue weighted by atomic mass is 10.1. The van der Waals surface area contributed by atoms with Gasteiger partial charge in [-0.05, 0) is 31.5 Å². The van der Waals surface area contributed by atoms with Crippen molar-refractivity contribution in [2.45, 2.75) is 32.9 Å². The number of carbonyl (C=O) groups excluding carboxylic acids is 2. The molecule has 2 atom stereocenters. The molecule has 0 aliphatic heterocycles. The number of hydrogen-bond donors (Lipinski definition) is 2. The molecule has 0 saturated heterocycles. The van der Waals surface area contributed by atoms with Crippen LogP contribution in [-0.4, -0.2) is 17.9 Å². The van der Waals surface area contributed by atoms with Gasteiger partial charge >= 0.3 is 0 Å². The van der Waals surface area contributed by atoms with Crippen molar-refractivity contribution in [3.05, 3.63) is 34.3 Å². The topological polar surface area (TPSA) is 58.2 Å². The van der Waals surface area contributed by atoms with Crippen molar-refractivity contribution in [2.24, 2.45) is 0 Å². The molecule has 0 aromatic heterocycles. The van der Waals surface area contributed by atoms with E-state index in [0.717, 1.165) is 10.0 Å². The predicted octanol–water partition coefficient (Wildman–Crippen LogP) is 2.15. The Labute approximate surface area is 115 Å². The molecule has 98 valence electrons. The Balaban J connectivity index is 2.62. The molecule has 4 nitrogen and oxygen atoms in total. The fourth-order valence-corrected chi connectivity index (χ4v) is 1.99. The summed E-state index contributed by atoms with van der Waals surface area (Å²) in [5, 5.41) is 5.40. The molecular weight excluding hydrogens is 296 g/mol. The van der Waals surface area contributed by atoms with Gasteiger partial charge in [0.05, 0.1) is 6.04 Å². The van der Waals surface area contributed by atoms with Gasteiger partial charge in [-0.1, -0.05) is 28.1 Å². The molecule has 2 N–H and O–H groups in total. The number of rotatable bonds is 4.